The Bertz CT molecular complexity index is 1030. The van der Waals surface area contributed by atoms with Crippen molar-refractivity contribution >= 4 is 33.0 Å². The number of nitrogens with zero attached hydrogens (tertiary/aromatic N) is 3. The van der Waals surface area contributed by atoms with Gasteiger partial charge in [-0.3, -0.25) is 4.98 Å². The highest BCUT2D eigenvalue weighted by molar-refractivity contribution is 6.12. The van der Waals surface area contributed by atoms with E-state index >= 15 is 0 Å². The summed E-state index contributed by atoms with van der Waals surface area (Å²) in [5.74, 6) is 0.869. The van der Waals surface area contributed by atoms with Crippen LogP contribution in [0, 0.1) is 6.92 Å². The van der Waals surface area contributed by atoms with Crippen LogP contribution in [0.25, 0.3) is 33.0 Å². The summed E-state index contributed by atoms with van der Waals surface area (Å²) < 4.78 is 7.73. The summed E-state index contributed by atoms with van der Waals surface area (Å²) in [5.41, 5.74) is 5.34. The van der Waals surface area contributed by atoms with E-state index < -0.39 is 0 Å². The number of hydrogen-bond donors (Lipinski definition) is 0. The van der Waals surface area contributed by atoms with Crippen molar-refractivity contribution in [2.75, 3.05) is 7.11 Å². The zero-order valence-corrected chi connectivity index (χ0v) is 13.6. The van der Waals surface area contributed by atoms with Gasteiger partial charge in [-0.05, 0) is 49.2 Å². The first kappa shape index (κ1) is 14.0. The summed E-state index contributed by atoms with van der Waals surface area (Å²) in [6.45, 7) is 5.27. The Morgan fingerprint density at radius 3 is 2.87 bits per heavy atom. The number of rotatable bonds is 3. The second kappa shape index (κ2) is 5.23. The third-order valence-electron chi connectivity index (χ3n) is 4.43. The summed E-state index contributed by atoms with van der Waals surface area (Å²) in [7, 11) is 1.70. The Balaban J connectivity index is 2.24. The van der Waals surface area contributed by atoms with Gasteiger partial charge < -0.3 is 9.30 Å². The Morgan fingerprint density at radius 2 is 2.09 bits per heavy atom. The van der Waals surface area contributed by atoms with Gasteiger partial charge in [-0.2, -0.15) is 0 Å². The van der Waals surface area contributed by atoms with E-state index in [0.29, 0.717) is 0 Å². The van der Waals surface area contributed by atoms with Gasteiger partial charge in [-0.15, -0.1) is 0 Å². The van der Waals surface area contributed by atoms with Crippen LogP contribution >= 0.6 is 0 Å². The van der Waals surface area contributed by atoms with Crippen molar-refractivity contribution in [3.8, 4) is 5.75 Å². The molecule has 0 amide bonds. The fourth-order valence-electron chi connectivity index (χ4n) is 3.39. The predicted octanol–water partition coefficient (Wildman–Crippen LogP) is 4.46. The van der Waals surface area contributed by atoms with Crippen molar-refractivity contribution in [2.24, 2.45) is 0 Å². The van der Waals surface area contributed by atoms with E-state index in [1.54, 1.807) is 7.11 Å². The molecule has 0 saturated heterocycles. The van der Waals surface area contributed by atoms with Gasteiger partial charge in [0.05, 0.1) is 23.7 Å². The monoisotopic (exact) mass is 305 g/mol. The normalized spacial score (nSPS) is 11.6. The van der Waals surface area contributed by atoms with Gasteiger partial charge in [0.2, 0.25) is 0 Å². The number of ether oxygens (including phenoxy) is 1. The number of fused-ring (bicyclic) bond motifs is 4. The van der Waals surface area contributed by atoms with Gasteiger partial charge in [0.15, 0.2) is 0 Å². The maximum Gasteiger partial charge on any atom is 0.142 e. The molecule has 3 heterocycles. The average Bonchev–Trinajstić information content (AvgIpc) is 2.89. The molecule has 0 fully saturated rings. The average molecular weight is 305 g/mol. The zero-order valence-electron chi connectivity index (χ0n) is 13.6. The molecule has 0 saturated carbocycles. The van der Waals surface area contributed by atoms with Crippen LogP contribution in [-0.2, 0) is 6.54 Å². The maximum atomic E-state index is 5.42. The lowest BCUT2D eigenvalue weighted by molar-refractivity contribution is 0.415. The Morgan fingerprint density at radius 1 is 1.22 bits per heavy atom. The largest absolute Gasteiger partial charge is 0.497 e. The Kier molecular flexibility index (Phi) is 3.18. The smallest absolute Gasteiger partial charge is 0.142 e. The third kappa shape index (κ3) is 1.98. The molecule has 3 aromatic heterocycles. The zero-order chi connectivity index (χ0) is 16.0. The molecule has 116 valence electrons. The topological polar surface area (TPSA) is 39.9 Å². The molecule has 4 aromatic rings. The predicted molar refractivity (Wildman–Crippen MR) is 94.1 cm³/mol. The second-order valence-electron chi connectivity index (χ2n) is 5.84. The van der Waals surface area contributed by atoms with Crippen molar-refractivity contribution in [3.63, 3.8) is 0 Å². The highest BCUT2D eigenvalue weighted by Crippen LogP contribution is 2.35. The Labute approximate surface area is 134 Å². The molecule has 0 radical (unpaired) electrons. The fourth-order valence-corrected chi connectivity index (χ4v) is 3.39. The molecule has 23 heavy (non-hydrogen) atoms. The minimum absolute atomic E-state index is 0.869. The number of methoxy groups -OCH3 is 1. The minimum atomic E-state index is 0.869. The van der Waals surface area contributed by atoms with Crippen molar-refractivity contribution < 1.29 is 4.74 Å². The van der Waals surface area contributed by atoms with E-state index in [-0.39, 0.29) is 0 Å². The highest BCUT2D eigenvalue weighted by Gasteiger charge is 2.16. The van der Waals surface area contributed by atoms with Gasteiger partial charge in [-0.25, -0.2) is 4.98 Å². The SMILES string of the molecule is CCCn1c2ccc(OC)cc2c2c(C)c3ncccc3nc21. The molecule has 0 aliphatic rings. The van der Waals surface area contributed by atoms with E-state index in [0.717, 1.165) is 35.4 Å². The van der Waals surface area contributed by atoms with Gasteiger partial charge in [0, 0.05) is 23.5 Å². The Hall–Kier alpha value is -2.62. The lowest BCUT2D eigenvalue weighted by atomic mass is 10.1. The molecule has 0 unspecified atom stereocenters. The summed E-state index contributed by atoms with van der Waals surface area (Å²) >= 11 is 0. The fraction of sp³-hybridized carbons (Fsp3) is 0.263. The van der Waals surface area contributed by atoms with Crippen molar-refractivity contribution in [1.82, 2.24) is 14.5 Å². The van der Waals surface area contributed by atoms with E-state index in [1.165, 1.54) is 21.9 Å². The first-order valence-electron chi connectivity index (χ1n) is 7.96. The summed E-state index contributed by atoms with van der Waals surface area (Å²) in [6, 6.07) is 10.2. The number of aryl methyl sites for hydroxylation is 2. The van der Waals surface area contributed by atoms with Crippen LogP contribution < -0.4 is 4.74 Å². The minimum Gasteiger partial charge on any atom is -0.497 e. The second-order valence-corrected chi connectivity index (χ2v) is 5.84. The molecule has 0 N–H and O–H groups in total. The quantitative estimate of drug-likeness (QED) is 0.561. The van der Waals surface area contributed by atoms with E-state index in [2.05, 4.69) is 35.5 Å². The van der Waals surface area contributed by atoms with Crippen LogP contribution in [0.3, 0.4) is 0 Å². The maximum absolute atomic E-state index is 5.42. The first-order chi connectivity index (χ1) is 11.2. The molecule has 4 rings (SSSR count). The van der Waals surface area contributed by atoms with Crippen LogP contribution in [0.15, 0.2) is 36.5 Å². The van der Waals surface area contributed by atoms with Gasteiger partial charge in [-0.1, -0.05) is 6.92 Å². The van der Waals surface area contributed by atoms with Crippen molar-refractivity contribution in [3.05, 3.63) is 42.1 Å². The molecule has 0 spiro atoms. The lowest BCUT2D eigenvalue weighted by Crippen LogP contribution is -1.98. The molecule has 4 heteroatoms. The van der Waals surface area contributed by atoms with Crippen LogP contribution in [0.2, 0.25) is 0 Å². The summed E-state index contributed by atoms with van der Waals surface area (Å²) in [6.07, 6.45) is 2.89. The standard InChI is InChI=1S/C19H19N3O/c1-4-10-22-16-8-7-13(23-3)11-14(16)17-12(2)18-15(21-19(17)22)6-5-9-20-18/h5-9,11H,4,10H2,1-3H3. The van der Waals surface area contributed by atoms with Crippen LogP contribution in [0.4, 0.5) is 0 Å². The molecule has 0 aliphatic carbocycles. The molecular formula is C19H19N3O. The van der Waals surface area contributed by atoms with Crippen LogP contribution in [0.5, 0.6) is 5.75 Å². The van der Waals surface area contributed by atoms with Gasteiger partial charge in [0.1, 0.15) is 11.4 Å². The summed E-state index contributed by atoms with van der Waals surface area (Å²) in [5, 5.41) is 2.36. The first-order valence-corrected chi connectivity index (χ1v) is 7.96. The number of benzene rings is 1. The number of aromatic nitrogens is 3. The van der Waals surface area contributed by atoms with E-state index in [1.807, 2.05) is 24.4 Å². The van der Waals surface area contributed by atoms with Crippen LogP contribution in [0.1, 0.15) is 18.9 Å². The lowest BCUT2D eigenvalue weighted by Gasteiger charge is -2.06. The van der Waals surface area contributed by atoms with Crippen molar-refractivity contribution in [1.29, 1.82) is 0 Å². The molecule has 0 bridgehead atoms. The third-order valence-corrected chi connectivity index (χ3v) is 4.43. The van der Waals surface area contributed by atoms with Crippen LogP contribution in [-0.4, -0.2) is 21.6 Å². The van der Waals surface area contributed by atoms with Crippen molar-refractivity contribution in [2.45, 2.75) is 26.8 Å². The van der Waals surface area contributed by atoms with E-state index in [9.17, 15) is 0 Å². The molecule has 4 nitrogen and oxygen atoms in total. The van der Waals surface area contributed by atoms with Gasteiger partial charge in [0.25, 0.3) is 0 Å². The van der Waals surface area contributed by atoms with E-state index in [4.69, 9.17) is 9.72 Å². The number of pyridine rings is 2. The molecule has 1 aromatic carbocycles. The summed E-state index contributed by atoms with van der Waals surface area (Å²) in [4.78, 5) is 9.44. The molecule has 0 aliphatic heterocycles. The molecular weight excluding hydrogens is 286 g/mol. The van der Waals surface area contributed by atoms with Gasteiger partial charge >= 0.3 is 0 Å². The number of hydrogen-bond acceptors (Lipinski definition) is 3. The highest BCUT2D eigenvalue weighted by atomic mass is 16.5. The molecule has 0 atom stereocenters.